The lowest BCUT2D eigenvalue weighted by atomic mass is 9.97. The summed E-state index contributed by atoms with van der Waals surface area (Å²) < 4.78 is 5.21. The van der Waals surface area contributed by atoms with Crippen molar-refractivity contribution >= 4 is 6.09 Å². The van der Waals surface area contributed by atoms with E-state index in [2.05, 4.69) is 9.97 Å². The van der Waals surface area contributed by atoms with Gasteiger partial charge in [0.05, 0.1) is 0 Å². The Hall–Kier alpha value is -2.83. The molecule has 3 rings (SSSR count). The first-order valence-corrected chi connectivity index (χ1v) is 6.91. The van der Waals surface area contributed by atoms with Crippen LogP contribution in [0.5, 0.6) is 0 Å². The second-order valence-electron chi connectivity index (χ2n) is 5.19. The summed E-state index contributed by atoms with van der Waals surface area (Å²) >= 11 is 0. The number of rotatable bonds is 3. The van der Waals surface area contributed by atoms with Gasteiger partial charge in [-0.1, -0.05) is 30.3 Å². The molecule has 1 saturated heterocycles. The van der Waals surface area contributed by atoms with Gasteiger partial charge in [0.15, 0.2) is 0 Å². The van der Waals surface area contributed by atoms with Gasteiger partial charge in [0.2, 0.25) is 0 Å². The zero-order valence-corrected chi connectivity index (χ0v) is 11.7. The molecule has 0 spiro atoms. The maximum Gasteiger partial charge on any atom is 0.410 e. The van der Waals surface area contributed by atoms with Crippen LogP contribution in [0.25, 0.3) is 0 Å². The van der Waals surface area contributed by atoms with E-state index in [0.29, 0.717) is 18.8 Å². The van der Waals surface area contributed by atoms with Crippen molar-refractivity contribution in [3.8, 4) is 0 Å². The molecule has 2 N–H and O–H groups in total. The SMILES string of the molecule is O=C(OCc1ccccc1)N1CC(c2cc(=O)[nH]c(=O)[nH]2)C1. The second kappa shape index (κ2) is 5.88. The molecular formula is C15H15N3O4. The molecule has 0 radical (unpaired) electrons. The van der Waals surface area contributed by atoms with Crippen LogP contribution < -0.4 is 11.2 Å². The third kappa shape index (κ3) is 3.08. The normalized spacial score (nSPS) is 14.5. The highest BCUT2D eigenvalue weighted by Gasteiger charge is 2.33. The van der Waals surface area contributed by atoms with Gasteiger partial charge in [0.1, 0.15) is 6.61 Å². The summed E-state index contributed by atoms with van der Waals surface area (Å²) in [6.45, 7) is 1.07. The number of nitrogens with zero attached hydrogens (tertiary/aromatic N) is 1. The Morgan fingerprint density at radius 1 is 1.18 bits per heavy atom. The van der Waals surface area contributed by atoms with Gasteiger partial charge in [0, 0.05) is 30.8 Å². The quantitative estimate of drug-likeness (QED) is 0.876. The van der Waals surface area contributed by atoms with E-state index in [-0.39, 0.29) is 12.5 Å². The Morgan fingerprint density at radius 2 is 1.91 bits per heavy atom. The summed E-state index contributed by atoms with van der Waals surface area (Å²) in [6, 6.07) is 10.8. The van der Waals surface area contributed by atoms with Crippen LogP contribution in [0, 0.1) is 0 Å². The van der Waals surface area contributed by atoms with Crippen molar-refractivity contribution in [1.29, 1.82) is 0 Å². The maximum absolute atomic E-state index is 11.9. The molecule has 7 heteroatoms. The number of amides is 1. The van der Waals surface area contributed by atoms with E-state index in [1.54, 1.807) is 0 Å². The molecular weight excluding hydrogens is 286 g/mol. The Kier molecular flexibility index (Phi) is 3.78. The molecule has 0 bridgehead atoms. The number of H-pyrrole nitrogens is 2. The molecule has 1 aliphatic rings. The third-order valence-electron chi connectivity index (χ3n) is 3.57. The van der Waals surface area contributed by atoms with Gasteiger partial charge in [-0.2, -0.15) is 0 Å². The van der Waals surface area contributed by atoms with Gasteiger partial charge in [-0.25, -0.2) is 9.59 Å². The van der Waals surface area contributed by atoms with Crippen LogP contribution in [-0.4, -0.2) is 34.1 Å². The molecule has 7 nitrogen and oxygen atoms in total. The monoisotopic (exact) mass is 301 g/mol. The zero-order valence-electron chi connectivity index (χ0n) is 11.7. The van der Waals surface area contributed by atoms with Crippen LogP contribution in [0.15, 0.2) is 46.0 Å². The molecule has 0 saturated carbocycles. The molecule has 0 atom stereocenters. The average Bonchev–Trinajstić information content (AvgIpc) is 2.43. The summed E-state index contributed by atoms with van der Waals surface area (Å²) in [7, 11) is 0. The summed E-state index contributed by atoms with van der Waals surface area (Å²) in [4.78, 5) is 40.6. The number of ether oxygens (including phenoxy) is 1. The van der Waals surface area contributed by atoms with E-state index in [9.17, 15) is 14.4 Å². The van der Waals surface area contributed by atoms with E-state index < -0.39 is 17.3 Å². The number of aromatic nitrogens is 2. The number of benzene rings is 1. The van der Waals surface area contributed by atoms with Crippen molar-refractivity contribution in [1.82, 2.24) is 14.9 Å². The lowest BCUT2D eigenvalue weighted by molar-refractivity contribution is 0.0657. The van der Waals surface area contributed by atoms with E-state index in [0.717, 1.165) is 5.56 Å². The van der Waals surface area contributed by atoms with Crippen LogP contribution in [-0.2, 0) is 11.3 Å². The fourth-order valence-corrected chi connectivity index (χ4v) is 2.34. The lowest BCUT2D eigenvalue weighted by Crippen LogP contribution is -2.49. The Balaban J connectivity index is 1.53. The van der Waals surface area contributed by atoms with Crippen LogP contribution in [0.2, 0.25) is 0 Å². The Labute approximate surface area is 125 Å². The molecule has 22 heavy (non-hydrogen) atoms. The number of nitrogens with one attached hydrogen (secondary N) is 2. The van der Waals surface area contributed by atoms with E-state index in [1.165, 1.54) is 11.0 Å². The van der Waals surface area contributed by atoms with Crippen molar-refractivity contribution in [2.24, 2.45) is 0 Å². The highest BCUT2D eigenvalue weighted by atomic mass is 16.6. The van der Waals surface area contributed by atoms with Gasteiger partial charge in [0.25, 0.3) is 5.56 Å². The molecule has 1 aliphatic heterocycles. The molecule has 1 fully saturated rings. The summed E-state index contributed by atoms with van der Waals surface area (Å²) in [5.74, 6) is -0.0423. The first kappa shape index (κ1) is 14.1. The molecule has 1 aromatic carbocycles. The average molecular weight is 301 g/mol. The molecule has 1 amide bonds. The summed E-state index contributed by atoms with van der Waals surface area (Å²) in [6.07, 6.45) is -0.396. The molecule has 114 valence electrons. The number of aromatic amines is 2. The zero-order chi connectivity index (χ0) is 15.5. The topological polar surface area (TPSA) is 95.3 Å². The number of carbonyl (C=O) groups is 1. The van der Waals surface area contributed by atoms with E-state index >= 15 is 0 Å². The van der Waals surface area contributed by atoms with Gasteiger partial charge in [-0.3, -0.25) is 9.78 Å². The smallest absolute Gasteiger partial charge is 0.410 e. The fourth-order valence-electron chi connectivity index (χ4n) is 2.34. The minimum Gasteiger partial charge on any atom is -0.445 e. The van der Waals surface area contributed by atoms with Crippen LogP contribution in [0.4, 0.5) is 4.79 Å². The highest BCUT2D eigenvalue weighted by Crippen LogP contribution is 2.24. The van der Waals surface area contributed by atoms with Gasteiger partial charge in [-0.05, 0) is 5.56 Å². The summed E-state index contributed by atoms with van der Waals surface area (Å²) in [5.41, 5.74) is 0.490. The largest absolute Gasteiger partial charge is 0.445 e. The molecule has 2 heterocycles. The second-order valence-corrected chi connectivity index (χ2v) is 5.19. The number of hydrogen-bond donors (Lipinski definition) is 2. The molecule has 1 aromatic heterocycles. The van der Waals surface area contributed by atoms with E-state index in [1.807, 2.05) is 30.3 Å². The standard InChI is InChI=1S/C15H15N3O4/c19-13-6-12(16-14(20)17-13)11-7-18(8-11)15(21)22-9-10-4-2-1-3-5-10/h1-6,11H,7-9H2,(H2,16,17,19,20). The van der Waals surface area contributed by atoms with Crippen LogP contribution in [0.3, 0.4) is 0 Å². The Bertz CT molecular complexity index is 747. The number of hydrogen-bond acceptors (Lipinski definition) is 4. The van der Waals surface area contributed by atoms with Crippen molar-refractivity contribution < 1.29 is 9.53 Å². The third-order valence-corrected chi connectivity index (χ3v) is 3.57. The minimum absolute atomic E-state index is 0.0423. The van der Waals surface area contributed by atoms with E-state index in [4.69, 9.17) is 4.74 Å². The molecule has 2 aromatic rings. The van der Waals surface area contributed by atoms with Gasteiger partial charge >= 0.3 is 11.8 Å². The van der Waals surface area contributed by atoms with Crippen molar-refractivity contribution in [3.05, 3.63) is 68.5 Å². The maximum atomic E-state index is 11.9. The van der Waals surface area contributed by atoms with Crippen molar-refractivity contribution in [2.45, 2.75) is 12.5 Å². The molecule has 0 aliphatic carbocycles. The number of carbonyl (C=O) groups excluding carboxylic acids is 1. The van der Waals surface area contributed by atoms with Gasteiger partial charge < -0.3 is 14.6 Å². The molecule has 0 unspecified atom stereocenters. The predicted molar refractivity (Wildman–Crippen MR) is 78.6 cm³/mol. The summed E-state index contributed by atoms with van der Waals surface area (Å²) in [5, 5.41) is 0. The van der Waals surface area contributed by atoms with Crippen molar-refractivity contribution in [3.63, 3.8) is 0 Å². The first-order chi connectivity index (χ1) is 10.6. The van der Waals surface area contributed by atoms with Crippen molar-refractivity contribution in [2.75, 3.05) is 13.1 Å². The number of likely N-dealkylation sites (tertiary alicyclic amines) is 1. The highest BCUT2D eigenvalue weighted by molar-refractivity contribution is 5.69. The predicted octanol–water partition coefficient (Wildman–Crippen LogP) is 0.799. The van der Waals surface area contributed by atoms with Crippen LogP contribution in [0.1, 0.15) is 17.2 Å². The van der Waals surface area contributed by atoms with Crippen LogP contribution >= 0.6 is 0 Å². The Morgan fingerprint density at radius 3 is 2.59 bits per heavy atom. The minimum atomic E-state index is -0.535. The lowest BCUT2D eigenvalue weighted by Gasteiger charge is -2.37. The fraction of sp³-hybridized carbons (Fsp3) is 0.267. The van der Waals surface area contributed by atoms with Gasteiger partial charge in [-0.15, -0.1) is 0 Å². The first-order valence-electron chi connectivity index (χ1n) is 6.91.